The molecule has 0 bridgehead atoms. The number of carbonyl (C=O) groups is 2. The number of nitrogens with zero attached hydrogens (tertiary/aromatic N) is 2. The molecule has 0 saturated carbocycles. The van der Waals surface area contributed by atoms with Crippen molar-refractivity contribution in [2.75, 3.05) is 44.2 Å². The largest absolute Gasteiger partial charge is 0.484 e. The number of H-pyrrole nitrogens is 1. The highest BCUT2D eigenvalue weighted by Crippen LogP contribution is 2.24. The van der Waals surface area contributed by atoms with E-state index in [-0.39, 0.29) is 12.5 Å². The number of carbonyl (C=O) groups excluding carboxylic acids is 2. The molecule has 4 N–H and O–H groups in total. The van der Waals surface area contributed by atoms with Crippen LogP contribution in [0, 0.1) is 0 Å². The molecule has 0 unspecified atom stereocenters. The van der Waals surface area contributed by atoms with Gasteiger partial charge in [-0.05, 0) is 68.7 Å². The first-order valence-electron chi connectivity index (χ1n) is 12.7. The minimum atomic E-state index is -0.529. The van der Waals surface area contributed by atoms with E-state index in [1.807, 2.05) is 62.2 Å². The number of nitrogens with two attached hydrogens (primary N) is 1. The van der Waals surface area contributed by atoms with E-state index in [1.165, 1.54) is 0 Å². The fourth-order valence-electron chi connectivity index (χ4n) is 4.36. The van der Waals surface area contributed by atoms with Gasteiger partial charge in [0.15, 0.2) is 6.61 Å². The molecule has 2 amide bonds. The predicted octanol–water partition coefficient (Wildman–Crippen LogP) is 3.42. The van der Waals surface area contributed by atoms with Crippen LogP contribution >= 0.6 is 0 Å². The molecule has 9 heteroatoms. The van der Waals surface area contributed by atoms with E-state index in [0.717, 1.165) is 40.8 Å². The summed E-state index contributed by atoms with van der Waals surface area (Å²) in [7, 11) is 0. The first-order chi connectivity index (χ1) is 17.7. The lowest BCUT2D eigenvalue weighted by molar-refractivity contribution is -0.133. The van der Waals surface area contributed by atoms with Crippen LogP contribution in [0.1, 0.15) is 31.9 Å². The Morgan fingerprint density at radius 1 is 1.05 bits per heavy atom. The highest BCUT2D eigenvalue weighted by Gasteiger charge is 2.22. The average Bonchev–Trinajstić information content (AvgIpc) is 3.28. The molecular formula is C28H37N5O4. The second-order valence-corrected chi connectivity index (χ2v) is 10.2. The van der Waals surface area contributed by atoms with E-state index >= 15 is 0 Å². The fourth-order valence-corrected chi connectivity index (χ4v) is 4.36. The Bertz CT molecular complexity index is 1210. The van der Waals surface area contributed by atoms with Crippen LogP contribution in [0.15, 0.2) is 48.7 Å². The monoisotopic (exact) mass is 507 g/mol. The number of fused-ring (bicyclic) bond motifs is 1. The summed E-state index contributed by atoms with van der Waals surface area (Å²) >= 11 is 0. The van der Waals surface area contributed by atoms with Crippen LogP contribution in [0.5, 0.6) is 5.75 Å². The summed E-state index contributed by atoms with van der Waals surface area (Å²) in [4.78, 5) is 32.1. The van der Waals surface area contributed by atoms with Gasteiger partial charge in [0, 0.05) is 62.1 Å². The number of aromatic amines is 1. The molecule has 9 nitrogen and oxygen atoms in total. The van der Waals surface area contributed by atoms with E-state index in [2.05, 4.69) is 27.3 Å². The van der Waals surface area contributed by atoms with Crippen LogP contribution in [0.25, 0.3) is 10.9 Å². The molecule has 1 aliphatic heterocycles. The molecule has 1 aromatic heterocycles. The summed E-state index contributed by atoms with van der Waals surface area (Å²) in [6, 6.07) is 14.0. The summed E-state index contributed by atoms with van der Waals surface area (Å²) in [5.41, 5.74) is 9.44. The molecule has 2 aromatic carbocycles. The third-order valence-corrected chi connectivity index (χ3v) is 6.33. The third-order valence-electron chi connectivity index (χ3n) is 6.33. The Balaban J connectivity index is 1.26. The van der Waals surface area contributed by atoms with Gasteiger partial charge in [-0.1, -0.05) is 12.1 Å². The molecule has 0 aliphatic carbocycles. The van der Waals surface area contributed by atoms with Crippen LogP contribution in [0.4, 0.5) is 10.5 Å². The first-order valence-corrected chi connectivity index (χ1v) is 12.7. The second-order valence-electron chi connectivity index (χ2n) is 10.2. The van der Waals surface area contributed by atoms with Gasteiger partial charge in [0.05, 0.1) is 0 Å². The van der Waals surface area contributed by atoms with Crippen molar-refractivity contribution in [3.8, 4) is 5.75 Å². The number of nitrogens with one attached hydrogen (secondary N) is 2. The van der Waals surface area contributed by atoms with Crippen LogP contribution in [0.2, 0.25) is 0 Å². The summed E-state index contributed by atoms with van der Waals surface area (Å²) in [6.45, 7) is 9.37. The van der Waals surface area contributed by atoms with Gasteiger partial charge in [0.1, 0.15) is 11.4 Å². The smallest absolute Gasteiger partial charge is 0.407 e. The van der Waals surface area contributed by atoms with E-state index < -0.39 is 11.7 Å². The van der Waals surface area contributed by atoms with Crippen molar-refractivity contribution in [3.05, 3.63) is 59.8 Å². The number of hydrogen-bond acceptors (Lipinski definition) is 6. The lowest BCUT2D eigenvalue weighted by Crippen LogP contribution is -2.50. The number of benzene rings is 2. The summed E-state index contributed by atoms with van der Waals surface area (Å²) in [5, 5.41) is 3.79. The zero-order chi connectivity index (χ0) is 26.4. The molecule has 37 heavy (non-hydrogen) atoms. The maximum absolute atomic E-state index is 12.8. The number of amides is 2. The normalized spacial score (nSPS) is 14.1. The zero-order valence-corrected chi connectivity index (χ0v) is 21.9. The molecule has 1 fully saturated rings. The molecule has 0 atom stereocenters. The van der Waals surface area contributed by atoms with Gasteiger partial charge in [0.2, 0.25) is 0 Å². The number of piperazine rings is 1. The third kappa shape index (κ3) is 7.16. The van der Waals surface area contributed by atoms with Crippen molar-refractivity contribution in [2.45, 2.75) is 39.3 Å². The molecule has 0 radical (unpaired) electrons. The maximum Gasteiger partial charge on any atom is 0.407 e. The molecule has 198 valence electrons. The average molecular weight is 508 g/mol. The highest BCUT2D eigenvalue weighted by molar-refractivity contribution is 5.85. The molecule has 1 saturated heterocycles. The van der Waals surface area contributed by atoms with Crippen LogP contribution in [-0.4, -0.2) is 66.8 Å². The predicted molar refractivity (Wildman–Crippen MR) is 145 cm³/mol. The number of aromatic nitrogens is 1. The second kappa shape index (κ2) is 11.6. The topological polar surface area (TPSA) is 113 Å². The Kier molecular flexibility index (Phi) is 8.23. The van der Waals surface area contributed by atoms with Gasteiger partial charge in [-0.3, -0.25) is 4.79 Å². The van der Waals surface area contributed by atoms with Gasteiger partial charge < -0.3 is 35.3 Å². The van der Waals surface area contributed by atoms with Gasteiger partial charge >= 0.3 is 6.09 Å². The number of hydrogen-bond donors (Lipinski definition) is 3. The summed E-state index contributed by atoms with van der Waals surface area (Å²) in [6.07, 6.45) is 2.14. The number of rotatable bonds is 8. The quantitative estimate of drug-likeness (QED) is 0.431. The standard InChI is InChI=1S/C28H37N5O4/c1-28(2,3)37-27(35)30-11-10-21-18-31-25-9-8-23(16-24(21)25)36-19-26(34)33-14-12-32(13-15-33)22-6-4-20(17-29)5-7-22/h4-9,16,18,31H,10-15,17,19,29H2,1-3H3,(H,30,35). The molecule has 4 rings (SSSR count). The number of anilines is 1. The van der Waals surface area contributed by atoms with Gasteiger partial charge in [-0.15, -0.1) is 0 Å². The number of alkyl carbamates (subject to hydrolysis) is 1. The van der Waals surface area contributed by atoms with E-state index in [1.54, 1.807) is 0 Å². The minimum absolute atomic E-state index is 0.00331. The minimum Gasteiger partial charge on any atom is -0.484 e. The lowest BCUT2D eigenvalue weighted by atomic mass is 10.1. The van der Waals surface area contributed by atoms with Crippen molar-refractivity contribution in [3.63, 3.8) is 0 Å². The lowest BCUT2D eigenvalue weighted by Gasteiger charge is -2.36. The van der Waals surface area contributed by atoms with Gasteiger partial charge in [-0.2, -0.15) is 0 Å². The Morgan fingerprint density at radius 2 is 1.78 bits per heavy atom. The molecule has 1 aliphatic rings. The Hall–Kier alpha value is -3.72. The van der Waals surface area contributed by atoms with E-state index in [4.69, 9.17) is 15.2 Å². The van der Waals surface area contributed by atoms with Crippen molar-refractivity contribution in [2.24, 2.45) is 5.73 Å². The molecular weight excluding hydrogens is 470 g/mol. The zero-order valence-electron chi connectivity index (χ0n) is 21.9. The van der Waals surface area contributed by atoms with E-state index in [0.29, 0.717) is 38.3 Å². The van der Waals surface area contributed by atoms with Crippen molar-refractivity contribution >= 4 is 28.6 Å². The van der Waals surface area contributed by atoms with Crippen molar-refractivity contribution in [1.29, 1.82) is 0 Å². The van der Waals surface area contributed by atoms with Crippen LogP contribution in [0.3, 0.4) is 0 Å². The Morgan fingerprint density at radius 3 is 2.46 bits per heavy atom. The van der Waals surface area contributed by atoms with Crippen molar-refractivity contribution in [1.82, 2.24) is 15.2 Å². The summed E-state index contributed by atoms with van der Waals surface area (Å²) in [5.74, 6) is 0.620. The maximum atomic E-state index is 12.8. The van der Waals surface area contributed by atoms with E-state index in [9.17, 15) is 9.59 Å². The van der Waals surface area contributed by atoms with Crippen LogP contribution in [-0.2, 0) is 22.5 Å². The number of ether oxygens (including phenoxy) is 2. The molecule has 2 heterocycles. The van der Waals surface area contributed by atoms with Gasteiger partial charge in [-0.25, -0.2) is 4.79 Å². The van der Waals surface area contributed by atoms with Crippen LogP contribution < -0.4 is 20.7 Å². The summed E-state index contributed by atoms with van der Waals surface area (Å²) < 4.78 is 11.2. The van der Waals surface area contributed by atoms with Gasteiger partial charge in [0.25, 0.3) is 5.91 Å². The molecule has 3 aromatic rings. The fraction of sp³-hybridized carbons (Fsp3) is 0.429. The Labute approximate surface area is 217 Å². The molecule has 0 spiro atoms. The SMILES string of the molecule is CC(C)(C)OC(=O)NCCc1c[nH]c2ccc(OCC(=O)N3CCN(c4ccc(CN)cc4)CC3)cc12. The first kappa shape index (κ1) is 26.3. The highest BCUT2D eigenvalue weighted by atomic mass is 16.6. The van der Waals surface area contributed by atoms with Crippen molar-refractivity contribution < 1.29 is 19.1 Å².